The van der Waals surface area contributed by atoms with E-state index in [4.69, 9.17) is 0 Å². The highest BCUT2D eigenvalue weighted by Crippen LogP contribution is 2.30. The van der Waals surface area contributed by atoms with Crippen molar-refractivity contribution in [1.82, 2.24) is 15.3 Å². The molecule has 1 saturated carbocycles. The largest absolute Gasteiger partial charge is 0.352 e. The van der Waals surface area contributed by atoms with Crippen molar-refractivity contribution in [3.63, 3.8) is 0 Å². The minimum Gasteiger partial charge on any atom is -0.352 e. The molecule has 1 aliphatic carbocycles. The summed E-state index contributed by atoms with van der Waals surface area (Å²) < 4.78 is 0. The number of rotatable bonds is 7. The Hall–Kier alpha value is -1.16. The SMILES string of the molecule is CCNCc1cnc(N(CC(C)C)C2CC2)cn1. The van der Waals surface area contributed by atoms with E-state index in [1.165, 1.54) is 12.8 Å². The first kappa shape index (κ1) is 13.3. The van der Waals surface area contributed by atoms with Crippen LogP contribution in [0.5, 0.6) is 0 Å². The maximum Gasteiger partial charge on any atom is 0.147 e. The van der Waals surface area contributed by atoms with E-state index >= 15 is 0 Å². The Kier molecular flexibility index (Phi) is 4.53. The van der Waals surface area contributed by atoms with E-state index < -0.39 is 0 Å². The molecule has 1 fully saturated rings. The summed E-state index contributed by atoms with van der Waals surface area (Å²) >= 11 is 0. The highest BCUT2D eigenvalue weighted by atomic mass is 15.2. The van der Waals surface area contributed by atoms with E-state index in [2.05, 4.69) is 41.0 Å². The van der Waals surface area contributed by atoms with Crippen LogP contribution in [0.15, 0.2) is 12.4 Å². The standard InChI is InChI=1S/C14H24N4/c1-4-15-7-12-8-17-14(9-16-12)18(10-11(2)3)13-5-6-13/h8-9,11,13,15H,4-7,10H2,1-3H3. The summed E-state index contributed by atoms with van der Waals surface area (Å²) in [4.78, 5) is 11.5. The molecule has 0 aromatic carbocycles. The van der Waals surface area contributed by atoms with E-state index in [0.29, 0.717) is 12.0 Å². The van der Waals surface area contributed by atoms with E-state index in [9.17, 15) is 0 Å². The molecule has 2 rings (SSSR count). The fourth-order valence-electron chi connectivity index (χ4n) is 2.05. The molecule has 0 bridgehead atoms. The Bertz CT molecular complexity index is 357. The lowest BCUT2D eigenvalue weighted by Gasteiger charge is -2.25. The predicted octanol–water partition coefficient (Wildman–Crippen LogP) is 2.21. The molecule has 1 aromatic heterocycles. The molecule has 0 unspecified atom stereocenters. The molecular weight excluding hydrogens is 224 g/mol. The third-order valence-corrected chi connectivity index (χ3v) is 3.09. The summed E-state index contributed by atoms with van der Waals surface area (Å²) in [6, 6.07) is 0.696. The fraction of sp³-hybridized carbons (Fsp3) is 0.714. The zero-order chi connectivity index (χ0) is 13.0. The molecule has 1 heterocycles. The number of hydrogen-bond donors (Lipinski definition) is 1. The number of aromatic nitrogens is 2. The maximum absolute atomic E-state index is 4.57. The lowest BCUT2D eigenvalue weighted by Crippen LogP contribution is -2.30. The number of nitrogens with one attached hydrogen (secondary N) is 1. The van der Waals surface area contributed by atoms with E-state index in [1.807, 2.05) is 12.4 Å². The summed E-state index contributed by atoms with van der Waals surface area (Å²) in [6.07, 6.45) is 6.42. The van der Waals surface area contributed by atoms with Crippen molar-refractivity contribution in [3.8, 4) is 0 Å². The molecule has 0 atom stereocenters. The topological polar surface area (TPSA) is 41.1 Å². The molecule has 0 radical (unpaired) electrons. The van der Waals surface area contributed by atoms with Crippen LogP contribution in [0.3, 0.4) is 0 Å². The first-order valence-corrected chi connectivity index (χ1v) is 6.99. The van der Waals surface area contributed by atoms with E-state index in [1.54, 1.807) is 0 Å². The maximum atomic E-state index is 4.57. The molecule has 100 valence electrons. The number of hydrogen-bond acceptors (Lipinski definition) is 4. The van der Waals surface area contributed by atoms with Gasteiger partial charge in [0.05, 0.1) is 18.1 Å². The van der Waals surface area contributed by atoms with Crippen LogP contribution in [0, 0.1) is 5.92 Å². The zero-order valence-electron chi connectivity index (χ0n) is 11.7. The average Bonchev–Trinajstić information content (AvgIpc) is 3.18. The van der Waals surface area contributed by atoms with Crippen LogP contribution in [0.1, 0.15) is 39.3 Å². The molecule has 1 aliphatic rings. The van der Waals surface area contributed by atoms with Gasteiger partial charge < -0.3 is 10.2 Å². The van der Waals surface area contributed by atoms with E-state index in [0.717, 1.165) is 31.1 Å². The van der Waals surface area contributed by atoms with Gasteiger partial charge >= 0.3 is 0 Å². The Morgan fingerprint density at radius 1 is 1.33 bits per heavy atom. The van der Waals surface area contributed by atoms with Crippen LogP contribution in [0.25, 0.3) is 0 Å². The second kappa shape index (κ2) is 6.14. The van der Waals surface area contributed by atoms with Crippen LogP contribution in [0.4, 0.5) is 5.82 Å². The van der Waals surface area contributed by atoms with Crippen LogP contribution in [-0.2, 0) is 6.54 Å². The van der Waals surface area contributed by atoms with Crippen molar-refractivity contribution >= 4 is 5.82 Å². The normalized spacial score (nSPS) is 15.1. The molecule has 18 heavy (non-hydrogen) atoms. The van der Waals surface area contributed by atoms with Crippen molar-refractivity contribution < 1.29 is 0 Å². The summed E-state index contributed by atoms with van der Waals surface area (Å²) in [5, 5.41) is 3.26. The quantitative estimate of drug-likeness (QED) is 0.803. The van der Waals surface area contributed by atoms with Gasteiger partial charge in [0.25, 0.3) is 0 Å². The third kappa shape index (κ3) is 3.67. The summed E-state index contributed by atoms with van der Waals surface area (Å²) in [5.74, 6) is 1.69. The number of nitrogens with zero attached hydrogens (tertiary/aromatic N) is 3. The van der Waals surface area contributed by atoms with Gasteiger partial charge in [0.15, 0.2) is 0 Å². The van der Waals surface area contributed by atoms with Crippen LogP contribution in [-0.4, -0.2) is 29.1 Å². The second-order valence-electron chi connectivity index (χ2n) is 5.42. The first-order chi connectivity index (χ1) is 8.70. The van der Waals surface area contributed by atoms with Crippen molar-refractivity contribution in [2.45, 2.75) is 46.2 Å². The average molecular weight is 248 g/mol. The molecule has 1 aromatic rings. The van der Waals surface area contributed by atoms with Crippen LogP contribution >= 0.6 is 0 Å². The molecule has 1 N–H and O–H groups in total. The lowest BCUT2D eigenvalue weighted by atomic mass is 10.2. The Morgan fingerprint density at radius 2 is 2.11 bits per heavy atom. The predicted molar refractivity (Wildman–Crippen MR) is 74.6 cm³/mol. The van der Waals surface area contributed by atoms with Gasteiger partial charge in [0.2, 0.25) is 0 Å². The smallest absolute Gasteiger partial charge is 0.147 e. The summed E-state index contributed by atoms with van der Waals surface area (Å²) in [5.41, 5.74) is 1.01. The van der Waals surface area contributed by atoms with Crippen molar-refractivity contribution in [2.75, 3.05) is 18.0 Å². The van der Waals surface area contributed by atoms with Crippen molar-refractivity contribution in [2.24, 2.45) is 5.92 Å². The van der Waals surface area contributed by atoms with Gasteiger partial charge in [-0.05, 0) is 25.3 Å². The second-order valence-corrected chi connectivity index (χ2v) is 5.42. The monoisotopic (exact) mass is 248 g/mol. The van der Waals surface area contributed by atoms with E-state index in [-0.39, 0.29) is 0 Å². The van der Waals surface area contributed by atoms with Crippen molar-refractivity contribution in [3.05, 3.63) is 18.1 Å². The Balaban J connectivity index is 2.01. The van der Waals surface area contributed by atoms with Gasteiger partial charge in [0, 0.05) is 19.1 Å². The highest BCUT2D eigenvalue weighted by Gasteiger charge is 2.30. The summed E-state index contributed by atoms with van der Waals surface area (Å²) in [7, 11) is 0. The molecule has 0 spiro atoms. The first-order valence-electron chi connectivity index (χ1n) is 6.99. The fourth-order valence-corrected chi connectivity index (χ4v) is 2.05. The third-order valence-electron chi connectivity index (χ3n) is 3.09. The molecule has 0 saturated heterocycles. The molecule has 4 nitrogen and oxygen atoms in total. The highest BCUT2D eigenvalue weighted by molar-refractivity contribution is 5.39. The Morgan fingerprint density at radius 3 is 2.61 bits per heavy atom. The number of anilines is 1. The van der Waals surface area contributed by atoms with Gasteiger partial charge in [0.1, 0.15) is 5.82 Å². The minimum atomic E-state index is 0.661. The lowest BCUT2D eigenvalue weighted by molar-refractivity contribution is 0.601. The minimum absolute atomic E-state index is 0.661. The van der Waals surface area contributed by atoms with Gasteiger partial charge in [-0.1, -0.05) is 20.8 Å². The molecule has 0 aliphatic heterocycles. The molecule has 0 amide bonds. The zero-order valence-corrected chi connectivity index (χ0v) is 11.7. The van der Waals surface area contributed by atoms with Gasteiger partial charge in [-0.3, -0.25) is 4.98 Å². The van der Waals surface area contributed by atoms with Crippen LogP contribution in [0.2, 0.25) is 0 Å². The molecular formula is C14H24N4. The van der Waals surface area contributed by atoms with Crippen LogP contribution < -0.4 is 10.2 Å². The van der Waals surface area contributed by atoms with Gasteiger partial charge in [-0.25, -0.2) is 4.98 Å². The Labute approximate surface area is 110 Å². The van der Waals surface area contributed by atoms with Gasteiger partial charge in [-0.15, -0.1) is 0 Å². The van der Waals surface area contributed by atoms with Crippen molar-refractivity contribution in [1.29, 1.82) is 0 Å². The van der Waals surface area contributed by atoms with Gasteiger partial charge in [-0.2, -0.15) is 0 Å². The molecule has 4 heteroatoms. The summed E-state index contributed by atoms with van der Waals surface area (Å²) in [6.45, 7) is 9.44.